The van der Waals surface area contributed by atoms with E-state index in [0.717, 1.165) is 28.2 Å². The first kappa shape index (κ1) is 19.0. The van der Waals surface area contributed by atoms with E-state index in [2.05, 4.69) is 30.8 Å². The lowest BCUT2D eigenvalue weighted by atomic mass is 9.85. The van der Waals surface area contributed by atoms with Crippen molar-refractivity contribution in [2.24, 2.45) is 0 Å². The summed E-state index contributed by atoms with van der Waals surface area (Å²) in [7, 11) is 1.62. The largest absolute Gasteiger partial charge is 0.493 e. The van der Waals surface area contributed by atoms with Crippen LogP contribution >= 0.6 is 0 Å². The van der Waals surface area contributed by atoms with E-state index >= 15 is 0 Å². The molecular formula is C21H27N3O3. The van der Waals surface area contributed by atoms with Gasteiger partial charge in [0.25, 0.3) is 0 Å². The van der Waals surface area contributed by atoms with Gasteiger partial charge in [-0.15, -0.1) is 0 Å². The molecule has 1 aliphatic rings. The molecule has 0 spiro atoms. The van der Waals surface area contributed by atoms with Crippen LogP contribution in [0.15, 0.2) is 30.4 Å². The van der Waals surface area contributed by atoms with Crippen LogP contribution < -0.4 is 14.8 Å². The van der Waals surface area contributed by atoms with Crippen molar-refractivity contribution in [3.8, 4) is 11.5 Å². The number of nitrogens with zero attached hydrogens (tertiary/aromatic N) is 2. The summed E-state index contributed by atoms with van der Waals surface area (Å²) in [6, 6.07) is 5.94. The molecule has 0 fully saturated rings. The molecule has 0 saturated carbocycles. The molecule has 1 aliphatic heterocycles. The molecule has 144 valence electrons. The minimum absolute atomic E-state index is 0.0250. The van der Waals surface area contributed by atoms with Crippen LogP contribution in [0.5, 0.6) is 11.5 Å². The van der Waals surface area contributed by atoms with Gasteiger partial charge in [-0.1, -0.05) is 18.7 Å². The number of amides is 1. The standard InChI is InChI=1S/C21H27N3O3/c1-12(2)11-27-20-15(8-7-9-17(20)26-6)16-10-18(25)22-21-19(16)14(5)23-24(21)13(3)4/h7-9,13,16H,1,10-11H2,2-6H3,(H,22,25). The average molecular weight is 369 g/mol. The van der Waals surface area contributed by atoms with Crippen molar-refractivity contribution < 1.29 is 14.3 Å². The van der Waals surface area contributed by atoms with Gasteiger partial charge in [0.1, 0.15) is 12.4 Å². The van der Waals surface area contributed by atoms with Crippen molar-refractivity contribution in [2.75, 3.05) is 19.0 Å². The zero-order valence-electron chi connectivity index (χ0n) is 16.6. The van der Waals surface area contributed by atoms with Gasteiger partial charge >= 0.3 is 0 Å². The number of fused-ring (bicyclic) bond motifs is 1. The molecule has 2 heterocycles. The highest BCUT2D eigenvalue weighted by Gasteiger charge is 2.35. The van der Waals surface area contributed by atoms with Crippen LogP contribution in [0.1, 0.15) is 56.0 Å². The quantitative estimate of drug-likeness (QED) is 0.775. The number of methoxy groups -OCH3 is 1. The van der Waals surface area contributed by atoms with Gasteiger partial charge in [-0.2, -0.15) is 5.10 Å². The van der Waals surface area contributed by atoms with Crippen molar-refractivity contribution in [1.82, 2.24) is 9.78 Å². The molecule has 1 unspecified atom stereocenters. The van der Waals surface area contributed by atoms with Gasteiger partial charge in [0.05, 0.1) is 12.8 Å². The maximum absolute atomic E-state index is 12.5. The third-order valence-corrected chi connectivity index (χ3v) is 4.68. The summed E-state index contributed by atoms with van der Waals surface area (Å²) in [6.07, 6.45) is 0.341. The van der Waals surface area contributed by atoms with Gasteiger partial charge in [-0.25, -0.2) is 4.68 Å². The third kappa shape index (κ3) is 3.56. The van der Waals surface area contributed by atoms with E-state index in [1.165, 1.54) is 0 Å². The minimum Gasteiger partial charge on any atom is -0.493 e. The lowest BCUT2D eigenvalue weighted by molar-refractivity contribution is -0.116. The van der Waals surface area contributed by atoms with E-state index in [4.69, 9.17) is 9.47 Å². The molecule has 1 atom stereocenters. The first-order chi connectivity index (χ1) is 12.8. The van der Waals surface area contributed by atoms with Crippen LogP contribution in [0.2, 0.25) is 0 Å². The summed E-state index contributed by atoms with van der Waals surface area (Å²) in [6.45, 7) is 12.3. The number of rotatable bonds is 6. The second kappa shape index (κ2) is 7.47. The summed E-state index contributed by atoms with van der Waals surface area (Å²) >= 11 is 0. The molecule has 2 aromatic rings. The highest BCUT2D eigenvalue weighted by Crippen LogP contribution is 2.45. The van der Waals surface area contributed by atoms with Crippen LogP contribution in [0.3, 0.4) is 0 Å². The molecule has 27 heavy (non-hydrogen) atoms. The minimum atomic E-state index is -0.142. The van der Waals surface area contributed by atoms with Crippen molar-refractivity contribution >= 4 is 11.7 Å². The molecule has 0 aliphatic carbocycles. The Bertz CT molecular complexity index is 883. The van der Waals surface area contributed by atoms with E-state index in [1.54, 1.807) is 7.11 Å². The maximum Gasteiger partial charge on any atom is 0.226 e. The van der Waals surface area contributed by atoms with Crippen molar-refractivity contribution in [3.63, 3.8) is 0 Å². The maximum atomic E-state index is 12.5. The Morgan fingerprint density at radius 3 is 2.81 bits per heavy atom. The summed E-state index contributed by atoms with van der Waals surface area (Å²) in [5.74, 6) is 1.91. The van der Waals surface area contributed by atoms with E-state index in [0.29, 0.717) is 24.5 Å². The van der Waals surface area contributed by atoms with Gasteiger partial charge in [-0.3, -0.25) is 4.79 Å². The van der Waals surface area contributed by atoms with E-state index in [9.17, 15) is 4.79 Å². The number of para-hydroxylation sites is 1. The molecule has 0 saturated heterocycles. The molecule has 1 amide bonds. The van der Waals surface area contributed by atoms with Gasteiger partial charge in [0.2, 0.25) is 5.91 Å². The first-order valence-electron chi connectivity index (χ1n) is 9.16. The van der Waals surface area contributed by atoms with Gasteiger partial charge in [0.15, 0.2) is 11.5 Å². The number of carbonyl (C=O) groups excluding carboxylic acids is 1. The zero-order valence-corrected chi connectivity index (χ0v) is 16.6. The second-order valence-electron chi connectivity index (χ2n) is 7.32. The van der Waals surface area contributed by atoms with Gasteiger partial charge in [0, 0.05) is 29.5 Å². The molecular weight excluding hydrogens is 342 g/mol. The molecule has 1 aromatic carbocycles. The number of aryl methyl sites for hydroxylation is 1. The fourth-order valence-electron chi connectivity index (χ4n) is 3.53. The van der Waals surface area contributed by atoms with E-state index < -0.39 is 0 Å². The number of nitrogens with one attached hydrogen (secondary N) is 1. The Kier molecular flexibility index (Phi) is 5.26. The first-order valence-corrected chi connectivity index (χ1v) is 9.16. The third-order valence-electron chi connectivity index (χ3n) is 4.68. The predicted molar refractivity (Wildman–Crippen MR) is 106 cm³/mol. The summed E-state index contributed by atoms with van der Waals surface area (Å²) < 4.78 is 13.4. The van der Waals surface area contributed by atoms with Crippen LogP contribution in [-0.2, 0) is 4.79 Å². The fraction of sp³-hybridized carbons (Fsp3) is 0.429. The van der Waals surface area contributed by atoms with Crippen molar-refractivity contribution in [1.29, 1.82) is 0 Å². The molecule has 6 nitrogen and oxygen atoms in total. The lowest BCUT2D eigenvalue weighted by Gasteiger charge is -2.27. The van der Waals surface area contributed by atoms with Crippen LogP contribution in [0.25, 0.3) is 0 Å². The number of anilines is 1. The number of hydrogen-bond acceptors (Lipinski definition) is 4. The smallest absolute Gasteiger partial charge is 0.226 e. The molecule has 3 rings (SSSR count). The Morgan fingerprint density at radius 2 is 2.19 bits per heavy atom. The molecule has 6 heteroatoms. The lowest BCUT2D eigenvalue weighted by Crippen LogP contribution is -2.26. The number of carbonyl (C=O) groups is 1. The Labute approximate surface area is 160 Å². The number of benzene rings is 1. The number of hydrogen-bond donors (Lipinski definition) is 1. The summed E-state index contributed by atoms with van der Waals surface area (Å²) in [4.78, 5) is 12.5. The topological polar surface area (TPSA) is 65.4 Å². The molecule has 0 bridgehead atoms. The number of ether oxygens (including phenoxy) is 2. The van der Waals surface area contributed by atoms with Gasteiger partial charge < -0.3 is 14.8 Å². The van der Waals surface area contributed by atoms with Crippen LogP contribution in [0, 0.1) is 6.92 Å². The Balaban J connectivity index is 2.15. The average Bonchev–Trinajstić information content (AvgIpc) is 2.95. The van der Waals surface area contributed by atoms with E-state index in [-0.39, 0.29) is 17.9 Å². The zero-order chi connectivity index (χ0) is 19.7. The van der Waals surface area contributed by atoms with Gasteiger partial charge in [-0.05, 0) is 39.3 Å². The fourth-order valence-corrected chi connectivity index (χ4v) is 3.53. The number of aromatic nitrogens is 2. The Hall–Kier alpha value is -2.76. The SMILES string of the molecule is C=C(C)COc1c(OC)cccc1C1CC(=O)Nc2c1c(C)nn2C(C)C. The van der Waals surface area contributed by atoms with Crippen LogP contribution in [0.4, 0.5) is 5.82 Å². The van der Waals surface area contributed by atoms with Crippen LogP contribution in [-0.4, -0.2) is 29.4 Å². The Morgan fingerprint density at radius 1 is 1.44 bits per heavy atom. The van der Waals surface area contributed by atoms with E-state index in [1.807, 2.05) is 36.7 Å². The normalized spacial score (nSPS) is 16.1. The predicted octanol–water partition coefficient (Wildman–Crippen LogP) is 4.21. The molecule has 0 radical (unpaired) electrons. The van der Waals surface area contributed by atoms with Crippen molar-refractivity contribution in [3.05, 3.63) is 47.2 Å². The molecule has 1 aromatic heterocycles. The summed E-state index contributed by atoms with van der Waals surface area (Å²) in [5, 5.41) is 7.67. The monoisotopic (exact) mass is 369 g/mol. The molecule has 1 N–H and O–H groups in total. The highest BCUT2D eigenvalue weighted by atomic mass is 16.5. The van der Waals surface area contributed by atoms with Crippen molar-refractivity contribution in [2.45, 2.75) is 46.1 Å². The second-order valence-corrected chi connectivity index (χ2v) is 7.32. The summed E-state index contributed by atoms with van der Waals surface area (Å²) in [5.41, 5.74) is 3.80. The highest BCUT2D eigenvalue weighted by molar-refractivity contribution is 5.95.